The van der Waals surface area contributed by atoms with Gasteiger partial charge in [-0.15, -0.1) is 0 Å². The Morgan fingerprint density at radius 3 is 2.75 bits per heavy atom. The zero-order valence-corrected chi connectivity index (χ0v) is 14.3. The maximum Gasteiger partial charge on any atom is 0.225 e. The lowest BCUT2D eigenvalue weighted by atomic mass is 9.93. The fourth-order valence-corrected chi connectivity index (χ4v) is 3.20. The Hall–Kier alpha value is -2.04. The van der Waals surface area contributed by atoms with Gasteiger partial charge in [0.1, 0.15) is 5.75 Å². The standard InChI is InChI=1S/C19H21ClN2O2/c1-12(17(21)13-6-3-2-4-7-13)19(23)22-16-10-11-24-18-14(16)8-5-9-15(18)20/h2-9,12,16-17H,10-11,21H2,1H3,(H,22,23). The van der Waals surface area contributed by atoms with Crippen molar-refractivity contribution in [3.63, 3.8) is 0 Å². The summed E-state index contributed by atoms with van der Waals surface area (Å²) in [6.07, 6.45) is 0.715. The first-order valence-electron chi connectivity index (χ1n) is 8.10. The summed E-state index contributed by atoms with van der Waals surface area (Å²) in [4.78, 5) is 12.7. The molecule has 4 nitrogen and oxygen atoms in total. The third-order valence-electron chi connectivity index (χ3n) is 4.48. The molecule has 1 heterocycles. The van der Waals surface area contributed by atoms with Gasteiger partial charge in [0.05, 0.1) is 23.6 Å². The lowest BCUT2D eigenvalue weighted by Crippen LogP contribution is -2.39. The van der Waals surface area contributed by atoms with Crippen molar-refractivity contribution in [1.82, 2.24) is 5.32 Å². The van der Waals surface area contributed by atoms with Gasteiger partial charge in [0.2, 0.25) is 5.91 Å². The smallest absolute Gasteiger partial charge is 0.225 e. The Morgan fingerprint density at radius 2 is 2.00 bits per heavy atom. The highest BCUT2D eigenvalue weighted by molar-refractivity contribution is 6.32. The second-order valence-corrected chi connectivity index (χ2v) is 6.49. The van der Waals surface area contributed by atoms with Crippen LogP contribution in [-0.2, 0) is 4.79 Å². The maximum atomic E-state index is 12.7. The van der Waals surface area contributed by atoms with Gasteiger partial charge in [-0.1, -0.05) is 61.0 Å². The van der Waals surface area contributed by atoms with Crippen LogP contribution in [0.5, 0.6) is 5.75 Å². The third kappa shape index (κ3) is 3.40. The molecular formula is C19H21ClN2O2. The Balaban J connectivity index is 1.73. The van der Waals surface area contributed by atoms with Crippen molar-refractivity contribution in [1.29, 1.82) is 0 Å². The Labute approximate surface area is 147 Å². The SMILES string of the molecule is CC(C(=O)NC1CCOc2c(Cl)cccc21)C(N)c1ccccc1. The Morgan fingerprint density at radius 1 is 1.25 bits per heavy atom. The van der Waals surface area contributed by atoms with E-state index in [2.05, 4.69) is 5.32 Å². The van der Waals surface area contributed by atoms with E-state index in [4.69, 9.17) is 22.1 Å². The predicted octanol–water partition coefficient (Wildman–Crippen LogP) is 3.62. The van der Waals surface area contributed by atoms with Gasteiger partial charge < -0.3 is 15.8 Å². The average Bonchev–Trinajstić information content (AvgIpc) is 2.62. The molecule has 24 heavy (non-hydrogen) atoms. The van der Waals surface area contributed by atoms with Gasteiger partial charge in [0.15, 0.2) is 0 Å². The highest BCUT2D eigenvalue weighted by atomic mass is 35.5. The number of ether oxygens (including phenoxy) is 1. The molecule has 0 radical (unpaired) electrons. The summed E-state index contributed by atoms with van der Waals surface area (Å²) >= 11 is 6.18. The van der Waals surface area contributed by atoms with E-state index in [1.54, 1.807) is 6.07 Å². The van der Waals surface area contributed by atoms with Crippen molar-refractivity contribution in [2.45, 2.75) is 25.4 Å². The number of para-hydroxylation sites is 1. The number of carbonyl (C=O) groups excluding carboxylic acids is 1. The predicted molar refractivity (Wildman–Crippen MR) is 95.0 cm³/mol. The van der Waals surface area contributed by atoms with Crippen molar-refractivity contribution < 1.29 is 9.53 Å². The van der Waals surface area contributed by atoms with Crippen molar-refractivity contribution in [3.8, 4) is 5.75 Å². The number of halogens is 1. The molecule has 2 aromatic carbocycles. The summed E-state index contributed by atoms with van der Waals surface area (Å²) in [5, 5.41) is 3.67. The van der Waals surface area contributed by atoms with Gasteiger partial charge >= 0.3 is 0 Å². The molecule has 5 heteroatoms. The van der Waals surface area contributed by atoms with E-state index in [9.17, 15) is 4.79 Å². The largest absolute Gasteiger partial charge is 0.492 e. The van der Waals surface area contributed by atoms with E-state index in [0.29, 0.717) is 23.8 Å². The van der Waals surface area contributed by atoms with E-state index in [0.717, 1.165) is 11.1 Å². The van der Waals surface area contributed by atoms with Gasteiger partial charge in [-0.3, -0.25) is 4.79 Å². The normalized spacial score (nSPS) is 18.9. The molecule has 126 valence electrons. The van der Waals surface area contributed by atoms with Crippen molar-refractivity contribution in [3.05, 3.63) is 64.7 Å². The lowest BCUT2D eigenvalue weighted by molar-refractivity contribution is -0.126. The minimum Gasteiger partial charge on any atom is -0.492 e. The summed E-state index contributed by atoms with van der Waals surface area (Å²) < 4.78 is 5.64. The molecule has 0 spiro atoms. The maximum absolute atomic E-state index is 12.7. The monoisotopic (exact) mass is 344 g/mol. The van der Waals surface area contributed by atoms with Crippen LogP contribution < -0.4 is 15.8 Å². The number of carbonyl (C=O) groups is 1. The zero-order valence-electron chi connectivity index (χ0n) is 13.5. The van der Waals surface area contributed by atoms with Gasteiger partial charge in [-0.05, 0) is 11.6 Å². The van der Waals surface area contributed by atoms with Crippen molar-refractivity contribution in [2.24, 2.45) is 11.7 Å². The Kier molecular flexibility index (Phi) is 5.07. The number of nitrogens with one attached hydrogen (secondary N) is 1. The summed E-state index contributed by atoms with van der Waals surface area (Å²) in [5.74, 6) is 0.262. The van der Waals surface area contributed by atoms with Crippen LogP contribution in [0.2, 0.25) is 5.02 Å². The molecule has 0 fully saturated rings. The number of amides is 1. The van der Waals surface area contributed by atoms with Crippen LogP contribution in [0.1, 0.15) is 36.6 Å². The molecule has 3 unspecified atom stereocenters. The Bertz CT molecular complexity index is 721. The molecule has 2 aromatic rings. The molecule has 0 aliphatic carbocycles. The molecule has 0 saturated heterocycles. The van der Waals surface area contributed by atoms with Gasteiger partial charge in [-0.2, -0.15) is 0 Å². The van der Waals surface area contributed by atoms with E-state index in [-0.39, 0.29) is 23.9 Å². The van der Waals surface area contributed by atoms with E-state index >= 15 is 0 Å². The quantitative estimate of drug-likeness (QED) is 0.890. The summed E-state index contributed by atoms with van der Waals surface area (Å²) in [7, 11) is 0. The van der Waals surface area contributed by atoms with Gasteiger partial charge in [-0.25, -0.2) is 0 Å². The molecule has 0 aromatic heterocycles. The summed E-state index contributed by atoms with van der Waals surface area (Å²) in [6, 6.07) is 14.8. The fraction of sp³-hybridized carbons (Fsp3) is 0.316. The number of hydrogen-bond donors (Lipinski definition) is 2. The van der Waals surface area contributed by atoms with Crippen LogP contribution in [0.25, 0.3) is 0 Å². The van der Waals surface area contributed by atoms with Gasteiger partial charge in [0, 0.05) is 18.0 Å². The highest BCUT2D eigenvalue weighted by Gasteiger charge is 2.28. The second kappa shape index (κ2) is 7.24. The van der Waals surface area contributed by atoms with Crippen LogP contribution in [0.15, 0.2) is 48.5 Å². The molecule has 0 saturated carbocycles. The first kappa shape index (κ1) is 16.8. The van der Waals surface area contributed by atoms with Crippen LogP contribution >= 0.6 is 11.6 Å². The van der Waals surface area contributed by atoms with Gasteiger partial charge in [0.25, 0.3) is 0 Å². The summed E-state index contributed by atoms with van der Waals surface area (Å²) in [6.45, 7) is 2.38. The average molecular weight is 345 g/mol. The number of benzene rings is 2. The minimum absolute atomic E-state index is 0.0656. The van der Waals surface area contributed by atoms with Crippen molar-refractivity contribution >= 4 is 17.5 Å². The molecule has 3 atom stereocenters. The topological polar surface area (TPSA) is 64.3 Å². The first-order valence-corrected chi connectivity index (χ1v) is 8.48. The second-order valence-electron chi connectivity index (χ2n) is 6.08. The molecule has 0 bridgehead atoms. The van der Waals surface area contributed by atoms with Crippen LogP contribution in [0, 0.1) is 5.92 Å². The molecule has 1 aliphatic heterocycles. The number of hydrogen-bond acceptors (Lipinski definition) is 3. The highest BCUT2D eigenvalue weighted by Crippen LogP contribution is 2.37. The van der Waals surface area contributed by atoms with Crippen LogP contribution in [-0.4, -0.2) is 12.5 Å². The summed E-state index contributed by atoms with van der Waals surface area (Å²) in [5.41, 5.74) is 8.13. The van der Waals surface area contributed by atoms with Crippen molar-refractivity contribution in [2.75, 3.05) is 6.61 Å². The molecule has 3 N–H and O–H groups in total. The van der Waals surface area contributed by atoms with Crippen LogP contribution in [0.4, 0.5) is 0 Å². The number of nitrogens with two attached hydrogens (primary N) is 1. The number of rotatable bonds is 4. The molecule has 1 aliphatic rings. The van der Waals surface area contributed by atoms with E-state index < -0.39 is 0 Å². The van der Waals surface area contributed by atoms with E-state index in [1.165, 1.54) is 0 Å². The molecule has 1 amide bonds. The number of fused-ring (bicyclic) bond motifs is 1. The molecule has 3 rings (SSSR count). The van der Waals surface area contributed by atoms with E-state index in [1.807, 2.05) is 49.4 Å². The minimum atomic E-state index is -0.343. The molecular weight excluding hydrogens is 324 g/mol. The first-order chi connectivity index (χ1) is 11.6. The third-order valence-corrected chi connectivity index (χ3v) is 4.78. The fourth-order valence-electron chi connectivity index (χ4n) is 2.97. The lowest BCUT2D eigenvalue weighted by Gasteiger charge is -2.29. The van der Waals surface area contributed by atoms with Crippen LogP contribution in [0.3, 0.4) is 0 Å². The zero-order chi connectivity index (χ0) is 17.1.